The normalized spacial score (nSPS) is 16.8. The Labute approximate surface area is 223 Å². The van der Waals surface area contributed by atoms with Crippen molar-refractivity contribution in [2.45, 2.75) is 24.2 Å². The molecule has 6 rings (SSSR count). The van der Waals surface area contributed by atoms with Crippen LogP contribution in [0, 0.1) is 24.2 Å². The lowest BCUT2D eigenvalue weighted by Crippen LogP contribution is -2.14. The highest BCUT2D eigenvalue weighted by Gasteiger charge is 2.44. The minimum atomic E-state index is -4.09. The number of aliphatic carboxylic acids is 1. The summed E-state index contributed by atoms with van der Waals surface area (Å²) in [6.45, 7) is 1.89. The molecule has 0 unspecified atom stereocenters. The molecular formula is C29H21N3O4S2. The molecule has 2 atom stereocenters. The van der Waals surface area contributed by atoms with E-state index >= 15 is 0 Å². The second-order valence-corrected chi connectivity index (χ2v) is 12.1. The Morgan fingerprint density at radius 3 is 2.63 bits per heavy atom. The van der Waals surface area contributed by atoms with E-state index in [9.17, 15) is 23.6 Å². The van der Waals surface area contributed by atoms with E-state index in [1.54, 1.807) is 48.0 Å². The van der Waals surface area contributed by atoms with Gasteiger partial charge in [0, 0.05) is 22.9 Å². The van der Waals surface area contributed by atoms with Gasteiger partial charge in [-0.3, -0.25) is 9.78 Å². The average Bonchev–Trinajstić information content (AvgIpc) is 3.46. The van der Waals surface area contributed by atoms with Gasteiger partial charge in [-0.2, -0.15) is 5.26 Å². The number of hydrogen-bond donors (Lipinski definition) is 1. The molecule has 0 radical (unpaired) electrons. The van der Waals surface area contributed by atoms with Crippen LogP contribution in [0.2, 0.25) is 0 Å². The Balaban J connectivity index is 1.70. The largest absolute Gasteiger partial charge is 0.481 e. The van der Waals surface area contributed by atoms with Gasteiger partial charge in [0.1, 0.15) is 10.9 Å². The van der Waals surface area contributed by atoms with Crippen LogP contribution in [0.3, 0.4) is 0 Å². The van der Waals surface area contributed by atoms with Crippen molar-refractivity contribution in [1.29, 1.82) is 5.26 Å². The van der Waals surface area contributed by atoms with Crippen LogP contribution in [0.5, 0.6) is 0 Å². The van der Waals surface area contributed by atoms with Crippen molar-refractivity contribution in [3.63, 3.8) is 0 Å². The highest BCUT2D eigenvalue weighted by molar-refractivity contribution is 7.90. The van der Waals surface area contributed by atoms with Crippen LogP contribution in [-0.4, -0.2) is 28.5 Å². The van der Waals surface area contributed by atoms with Crippen molar-refractivity contribution in [3.05, 3.63) is 94.3 Å². The van der Waals surface area contributed by atoms with Gasteiger partial charge in [0.05, 0.1) is 27.5 Å². The van der Waals surface area contributed by atoms with Gasteiger partial charge >= 0.3 is 5.97 Å². The summed E-state index contributed by atoms with van der Waals surface area (Å²) in [4.78, 5) is 16.7. The number of thiophene rings is 1. The van der Waals surface area contributed by atoms with Crippen LogP contribution >= 0.6 is 11.3 Å². The van der Waals surface area contributed by atoms with Gasteiger partial charge in [0.25, 0.3) is 10.0 Å². The number of benzene rings is 2. The SMILES string of the molecule is Cc1ccc(S(=O)(=O)n2c(-c3cccc([C@@H]4C[C@H]4C(=O)O)c3)c(-c3ccsc3C#N)c3ncccc32)cc1. The summed E-state index contributed by atoms with van der Waals surface area (Å²) in [6.07, 6.45) is 2.15. The Bertz CT molecular complexity index is 1880. The molecular weight excluding hydrogens is 518 g/mol. The number of carboxylic acids is 1. The maximum absolute atomic E-state index is 14.3. The van der Waals surface area contributed by atoms with Gasteiger partial charge in [0.2, 0.25) is 0 Å². The molecule has 0 spiro atoms. The number of aryl methyl sites for hydroxylation is 1. The third kappa shape index (κ3) is 3.81. The first-order valence-corrected chi connectivity index (χ1v) is 14.3. The number of fused-ring (bicyclic) bond motifs is 1. The van der Waals surface area contributed by atoms with Crippen molar-refractivity contribution in [3.8, 4) is 28.5 Å². The molecule has 3 aromatic heterocycles. The molecule has 1 aliphatic rings. The molecule has 3 heterocycles. The van der Waals surface area contributed by atoms with Crippen LogP contribution < -0.4 is 0 Å². The lowest BCUT2D eigenvalue weighted by molar-refractivity contribution is -0.138. The van der Waals surface area contributed by atoms with Crippen LogP contribution in [-0.2, 0) is 14.8 Å². The third-order valence-electron chi connectivity index (χ3n) is 6.97. The molecule has 0 amide bonds. The minimum absolute atomic E-state index is 0.128. The molecule has 9 heteroatoms. The first kappa shape index (κ1) is 24.1. The molecule has 0 saturated heterocycles. The highest BCUT2D eigenvalue weighted by Crippen LogP contribution is 2.49. The Morgan fingerprint density at radius 1 is 1.13 bits per heavy atom. The first-order chi connectivity index (χ1) is 18.3. The molecule has 188 valence electrons. The zero-order chi connectivity index (χ0) is 26.6. The van der Waals surface area contributed by atoms with E-state index in [0.29, 0.717) is 44.7 Å². The lowest BCUT2D eigenvalue weighted by atomic mass is 9.98. The van der Waals surface area contributed by atoms with Crippen LogP contribution in [0.1, 0.15) is 28.3 Å². The summed E-state index contributed by atoms with van der Waals surface area (Å²) >= 11 is 1.28. The molecule has 1 N–H and O–H groups in total. The fraction of sp³-hybridized carbons (Fsp3) is 0.138. The van der Waals surface area contributed by atoms with Gasteiger partial charge in [-0.1, -0.05) is 35.9 Å². The smallest absolute Gasteiger partial charge is 0.307 e. The molecule has 1 saturated carbocycles. The van der Waals surface area contributed by atoms with Crippen molar-refractivity contribution in [2.75, 3.05) is 0 Å². The van der Waals surface area contributed by atoms with Crippen LogP contribution in [0.25, 0.3) is 33.4 Å². The molecule has 0 bridgehead atoms. The molecule has 5 aromatic rings. The van der Waals surface area contributed by atoms with Gasteiger partial charge in [0.15, 0.2) is 0 Å². The maximum atomic E-state index is 14.3. The number of hydrogen-bond acceptors (Lipinski definition) is 6. The van der Waals surface area contributed by atoms with Crippen LogP contribution in [0.4, 0.5) is 0 Å². The number of aromatic nitrogens is 2. The zero-order valence-corrected chi connectivity index (χ0v) is 21.8. The average molecular weight is 540 g/mol. The predicted molar refractivity (Wildman–Crippen MR) is 145 cm³/mol. The number of pyridine rings is 1. The number of nitrogens with zero attached hydrogens (tertiary/aromatic N) is 3. The standard InChI is InChI=1S/C29H21N3O4S2/c1-17-7-9-20(10-8-17)38(35,36)32-24-6-3-12-31-27(24)26(21-11-13-37-25(21)16-30)28(32)19-5-2-4-18(14-19)22-15-23(22)29(33)34/h2-14,22-23H,15H2,1H3,(H,33,34)/t22-,23+/m0/s1. The molecule has 1 fully saturated rings. The van der Waals surface area contributed by atoms with Gasteiger partial charge in [-0.15, -0.1) is 11.3 Å². The number of carbonyl (C=O) groups is 1. The van der Waals surface area contributed by atoms with E-state index in [1.807, 2.05) is 37.3 Å². The summed E-state index contributed by atoms with van der Waals surface area (Å²) in [6, 6.07) is 21.5. The molecule has 1 aliphatic carbocycles. The second kappa shape index (κ2) is 8.94. The Morgan fingerprint density at radius 2 is 1.92 bits per heavy atom. The van der Waals surface area contributed by atoms with E-state index in [2.05, 4.69) is 11.1 Å². The van der Waals surface area contributed by atoms with E-state index < -0.39 is 21.9 Å². The van der Waals surface area contributed by atoms with Crippen molar-refractivity contribution in [1.82, 2.24) is 8.96 Å². The summed E-state index contributed by atoms with van der Waals surface area (Å²) in [5.41, 5.74) is 4.80. The van der Waals surface area contributed by atoms with E-state index in [-0.39, 0.29) is 10.8 Å². The van der Waals surface area contributed by atoms with Crippen LogP contribution in [0.15, 0.2) is 83.2 Å². The summed E-state index contributed by atoms with van der Waals surface area (Å²) in [7, 11) is -4.09. The first-order valence-electron chi connectivity index (χ1n) is 11.9. The summed E-state index contributed by atoms with van der Waals surface area (Å²) in [5, 5.41) is 21.1. The van der Waals surface area contributed by atoms with E-state index in [4.69, 9.17) is 0 Å². The van der Waals surface area contributed by atoms with E-state index in [0.717, 1.165) is 11.1 Å². The summed E-state index contributed by atoms with van der Waals surface area (Å²) < 4.78 is 29.8. The lowest BCUT2D eigenvalue weighted by Gasteiger charge is -2.14. The maximum Gasteiger partial charge on any atom is 0.307 e. The molecule has 7 nitrogen and oxygen atoms in total. The number of nitriles is 1. The fourth-order valence-electron chi connectivity index (χ4n) is 5.02. The highest BCUT2D eigenvalue weighted by atomic mass is 32.2. The zero-order valence-electron chi connectivity index (χ0n) is 20.2. The second-order valence-electron chi connectivity index (χ2n) is 9.36. The Hall–Kier alpha value is -4.26. The van der Waals surface area contributed by atoms with Crippen molar-refractivity contribution >= 4 is 38.4 Å². The molecule has 2 aromatic carbocycles. The van der Waals surface area contributed by atoms with Gasteiger partial charge in [-0.05, 0) is 66.6 Å². The van der Waals surface area contributed by atoms with Gasteiger partial charge in [-0.25, -0.2) is 12.4 Å². The third-order valence-corrected chi connectivity index (χ3v) is 9.52. The summed E-state index contributed by atoms with van der Waals surface area (Å²) in [5.74, 6) is -1.41. The topological polar surface area (TPSA) is 113 Å². The minimum Gasteiger partial charge on any atom is -0.481 e. The quantitative estimate of drug-likeness (QED) is 0.282. The monoisotopic (exact) mass is 539 g/mol. The number of rotatable bonds is 6. The fourth-order valence-corrected chi connectivity index (χ4v) is 7.24. The van der Waals surface area contributed by atoms with Gasteiger partial charge < -0.3 is 5.11 Å². The predicted octanol–water partition coefficient (Wildman–Crippen LogP) is 6.04. The van der Waals surface area contributed by atoms with Crippen molar-refractivity contribution < 1.29 is 18.3 Å². The molecule has 38 heavy (non-hydrogen) atoms. The van der Waals surface area contributed by atoms with E-state index in [1.165, 1.54) is 15.3 Å². The Kier molecular flexibility index (Phi) is 5.67. The number of carboxylic acid groups (broad SMARTS) is 1. The molecule has 0 aliphatic heterocycles. The van der Waals surface area contributed by atoms with Crippen molar-refractivity contribution in [2.24, 2.45) is 5.92 Å².